The first-order chi connectivity index (χ1) is 6.29. The molecule has 70 valence electrons. The summed E-state index contributed by atoms with van der Waals surface area (Å²) in [5.41, 5.74) is 1.13. The zero-order valence-electron chi connectivity index (χ0n) is 7.83. The SMILES string of the molecule is CCNC(=S)c1ccccc1SC. The van der Waals surface area contributed by atoms with Crippen molar-refractivity contribution in [1.82, 2.24) is 5.32 Å². The maximum absolute atomic E-state index is 5.25. The Balaban J connectivity index is 2.92. The topological polar surface area (TPSA) is 12.0 Å². The molecule has 0 atom stereocenters. The third-order valence-electron chi connectivity index (χ3n) is 1.69. The normalized spacial score (nSPS) is 9.69. The first-order valence-electron chi connectivity index (χ1n) is 4.20. The lowest BCUT2D eigenvalue weighted by Crippen LogP contribution is -2.21. The van der Waals surface area contributed by atoms with Crippen LogP contribution in [-0.2, 0) is 0 Å². The van der Waals surface area contributed by atoms with Gasteiger partial charge in [-0.1, -0.05) is 30.4 Å². The van der Waals surface area contributed by atoms with Crippen LogP contribution in [0.25, 0.3) is 0 Å². The molecule has 1 aromatic carbocycles. The van der Waals surface area contributed by atoms with Gasteiger partial charge in [0.2, 0.25) is 0 Å². The maximum atomic E-state index is 5.25. The molecule has 0 heterocycles. The zero-order valence-corrected chi connectivity index (χ0v) is 9.47. The van der Waals surface area contributed by atoms with Gasteiger partial charge in [-0.05, 0) is 19.2 Å². The monoisotopic (exact) mass is 211 g/mol. The predicted octanol–water partition coefficient (Wildman–Crippen LogP) is 2.69. The average Bonchev–Trinajstić information content (AvgIpc) is 2.18. The van der Waals surface area contributed by atoms with E-state index in [1.54, 1.807) is 11.8 Å². The first kappa shape index (κ1) is 10.5. The Morgan fingerprint density at radius 1 is 1.46 bits per heavy atom. The molecular formula is C10H13NS2. The van der Waals surface area contributed by atoms with Gasteiger partial charge in [-0.25, -0.2) is 0 Å². The molecule has 0 bridgehead atoms. The molecule has 0 saturated carbocycles. The second-order valence-corrected chi connectivity index (χ2v) is 3.82. The summed E-state index contributed by atoms with van der Waals surface area (Å²) in [4.78, 5) is 2.07. The molecule has 0 aliphatic carbocycles. The second kappa shape index (κ2) is 5.25. The van der Waals surface area contributed by atoms with Crippen LogP contribution in [-0.4, -0.2) is 17.8 Å². The molecule has 0 radical (unpaired) electrons. The molecule has 1 aromatic rings. The van der Waals surface area contributed by atoms with Gasteiger partial charge in [-0.3, -0.25) is 0 Å². The van der Waals surface area contributed by atoms with E-state index in [0.717, 1.165) is 17.1 Å². The first-order valence-corrected chi connectivity index (χ1v) is 5.84. The molecule has 0 aliphatic rings. The summed E-state index contributed by atoms with van der Waals surface area (Å²) in [5, 5.41) is 3.15. The summed E-state index contributed by atoms with van der Waals surface area (Å²) in [6.07, 6.45) is 2.06. The van der Waals surface area contributed by atoms with Crippen molar-refractivity contribution in [1.29, 1.82) is 0 Å². The van der Waals surface area contributed by atoms with Crippen LogP contribution in [0.1, 0.15) is 12.5 Å². The van der Waals surface area contributed by atoms with Crippen molar-refractivity contribution in [3.05, 3.63) is 29.8 Å². The fourth-order valence-electron chi connectivity index (χ4n) is 1.09. The molecule has 0 spiro atoms. The Labute approximate surface area is 88.9 Å². The van der Waals surface area contributed by atoms with Crippen LogP contribution < -0.4 is 5.32 Å². The van der Waals surface area contributed by atoms with Gasteiger partial charge >= 0.3 is 0 Å². The van der Waals surface area contributed by atoms with Crippen molar-refractivity contribution in [2.24, 2.45) is 0 Å². The van der Waals surface area contributed by atoms with Crippen molar-refractivity contribution in [3.8, 4) is 0 Å². The zero-order chi connectivity index (χ0) is 9.68. The number of thioether (sulfide) groups is 1. The van der Waals surface area contributed by atoms with E-state index in [1.165, 1.54) is 4.90 Å². The fraction of sp³-hybridized carbons (Fsp3) is 0.300. The lowest BCUT2D eigenvalue weighted by Gasteiger charge is -2.08. The number of hydrogen-bond acceptors (Lipinski definition) is 2. The summed E-state index contributed by atoms with van der Waals surface area (Å²) in [6, 6.07) is 8.18. The Kier molecular flexibility index (Phi) is 4.25. The quantitative estimate of drug-likeness (QED) is 0.610. The van der Waals surface area contributed by atoms with Crippen molar-refractivity contribution in [2.75, 3.05) is 12.8 Å². The van der Waals surface area contributed by atoms with Crippen molar-refractivity contribution in [3.63, 3.8) is 0 Å². The summed E-state index contributed by atoms with van der Waals surface area (Å²) >= 11 is 6.97. The molecule has 1 nitrogen and oxygen atoms in total. The maximum Gasteiger partial charge on any atom is 0.107 e. The minimum atomic E-state index is 0.840. The summed E-state index contributed by atoms with van der Waals surface area (Å²) < 4.78 is 0. The largest absolute Gasteiger partial charge is 0.376 e. The molecule has 0 aliphatic heterocycles. The van der Waals surface area contributed by atoms with Gasteiger partial charge in [0.05, 0.1) is 0 Å². The molecular weight excluding hydrogens is 198 g/mol. The summed E-state index contributed by atoms with van der Waals surface area (Å²) in [6.45, 7) is 2.93. The number of benzene rings is 1. The van der Waals surface area contributed by atoms with Gasteiger partial charge in [0.25, 0.3) is 0 Å². The van der Waals surface area contributed by atoms with Crippen molar-refractivity contribution >= 4 is 29.0 Å². The van der Waals surface area contributed by atoms with Gasteiger partial charge in [-0.2, -0.15) is 0 Å². The van der Waals surface area contributed by atoms with Gasteiger partial charge < -0.3 is 5.32 Å². The molecule has 13 heavy (non-hydrogen) atoms. The van der Waals surface area contributed by atoms with E-state index >= 15 is 0 Å². The van der Waals surface area contributed by atoms with Crippen LogP contribution in [0.4, 0.5) is 0 Å². The molecule has 1 N–H and O–H groups in total. The van der Waals surface area contributed by atoms with Crippen molar-refractivity contribution in [2.45, 2.75) is 11.8 Å². The highest BCUT2D eigenvalue weighted by Gasteiger charge is 2.04. The van der Waals surface area contributed by atoms with Crippen LogP contribution in [0.5, 0.6) is 0 Å². The fourth-order valence-corrected chi connectivity index (χ4v) is 2.08. The molecule has 0 amide bonds. The average molecular weight is 211 g/mol. The van der Waals surface area contributed by atoms with E-state index in [1.807, 2.05) is 19.1 Å². The summed E-state index contributed by atoms with van der Waals surface area (Å²) in [5.74, 6) is 0. The number of hydrogen-bond donors (Lipinski definition) is 1. The van der Waals surface area contributed by atoms with Crippen LogP contribution in [0, 0.1) is 0 Å². The van der Waals surface area contributed by atoms with Gasteiger partial charge in [-0.15, -0.1) is 11.8 Å². The number of nitrogens with one attached hydrogen (secondary N) is 1. The van der Waals surface area contributed by atoms with Crippen LogP contribution in [0.2, 0.25) is 0 Å². The third kappa shape index (κ3) is 2.71. The molecule has 0 saturated heterocycles. The minimum Gasteiger partial charge on any atom is -0.376 e. The van der Waals surface area contributed by atoms with Gasteiger partial charge in [0, 0.05) is 17.0 Å². The Hall–Kier alpha value is -0.540. The molecule has 3 heteroatoms. The van der Waals surface area contributed by atoms with Crippen LogP contribution in [0.15, 0.2) is 29.2 Å². The highest BCUT2D eigenvalue weighted by Crippen LogP contribution is 2.19. The number of thiocarbonyl (C=S) groups is 1. The standard InChI is InChI=1S/C10H13NS2/c1-3-11-10(12)8-6-4-5-7-9(8)13-2/h4-7H,3H2,1-2H3,(H,11,12). The van der Waals surface area contributed by atoms with Gasteiger partial charge in [0.15, 0.2) is 0 Å². The Bertz CT molecular complexity index is 297. The van der Waals surface area contributed by atoms with E-state index in [9.17, 15) is 0 Å². The smallest absolute Gasteiger partial charge is 0.107 e. The van der Waals surface area contributed by atoms with Crippen LogP contribution >= 0.6 is 24.0 Å². The predicted molar refractivity (Wildman–Crippen MR) is 63.6 cm³/mol. The highest BCUT2D eigenvalue weighted by atomic mass is 32.2. The Morgan fingerprint density at radius 2 is 2.15 bits per heavy atom. The second-order valence-electron chi connectivity index (χ2n) is 2.56. The van der Waals surface area contributed by atoms with Crippen molar-refractivity contribution < 1.29 is 0 Å². The van der Waals surface area contributed by atoms with E-state index in [4.69, 9.17) is 12.2 Å². The number of rotatable bonds is 3. The lowest BCUT2D eigenvalue weighted by atomic mass is 10.2. The highest BCUT2D eigenvalue weighted by molar-refractivity contribution is 7.98. The minimum absolute atomic E-state index is 0.840. The van der Waals surface area contributed by atoms with E-state index in [2.05, 4.69) is 23.7 Å². The van der Waals surface area contributed by atoms with Crippen LogP contribution in [0.3, 0.4) is 0 Å². The third-order valence-corrected chi connectivity index (χ3v) is 2.85. The lowest BCUT2D eigenvalue weighted by molar-refractivity contribution is 0.980. The van der Waals surface area contributed by atoms with E-state index in [0.29, 0.717) is 0 Å². The molecule has 1 rings (SSSR count). The molecule has 0 unspecified atom stereocenters. The molecule has 0 aromatic heterocycles. The van der Waals surface area contributed by atoms with Gasteiger partial charge in [0.1, 0.15) is 4.99 Å². The van der Waals surface area contributed by atoms with E-state index in [-0.39, 0.29) is 0 Å². The molecule has 0 fully saturated rings. The summed E-state index contributed by atoms with van der Waals surface area (Å²) in [7, 11) is 0. The Morgan fingerprint density at radius 3 is 2.77 bits per heavy atom. The van der Waals surface area contributed by atoms with E-state index < -0.39 is 0 Å².